The van der Waals surface area contributed by atoms with Gasteiger partial charge in [-0.2, -0.15) is 0 Å². The van der Waals surface area contributed by atoms with E-state index in [9.17, 15) is 9.59 Å². The normalized spacial score (nSPS) is 20.7. The van der Waals surface area contributed by atoms with Gasteiger partial charge < -0.3 is 4.74 Å². The minimum absolute atomic E-state index is 0.112. The Morgan fingerprint density at radius 1 is 1.44 bits per heavy atom. The van der Waals surface area contributed by atoms with Crippen molar-refractivity contribution in [3.8, 4) is 0 Å². The fourth-order valence-electron chi connectivity index (χ4n) is 1.52. The third-order valence-electron chi connectivity index (χ3n) is 2.53. The zero-order chi connectivity index (χ0) is 12.3. The minimum atomic E-state index is -0.661. The first-order chi connectivity index (χ1) is 7.34. The molecule has 1 aliphatic heterocycles. The van der Waals surface area contributed by atoms with Gasteiger partial charge in [-0.1, -0.05) is 0 Å². The molecule has 5 nitrogen and oxygen atoms in total. The van der Waals surface area contributed by atoms with Crippen molar-refractivity contribution in [2.24, 2.45) is 0 Å². The van der Waals surface area contributed by atoms with Crippen molar-refractivity contribution < 1.29 is 14.3 Å². The Hall–Kier alpha value is -0.940. The number of piperazine rings is 1. The molecule has 5 heteroatoms. The molecule has 92 valence electrons. The van der Waals surface area contributed by atoms with Gasteiger partial charge in [0.05, 0.1) is 31.3 Å². The number of carbonyl (C=O) groups excluding carboxylic acids is 2. The Morgan fingerprint density at radius 2 is 2.06 bits per heavy atom. The molecule has 0 aromatic carbocycles. The number of imide groups is 1. The molecule has 16 heavy (non-hydrogen) atoms. The maximum absolute atomic E-state index is 11.9. The number of rotatable bonds is 4. The largest absolute Gasteiger partial charge is 0.377 e. The van der Waals surface area contributed by atoms with E-state index in [2.05, 4.69) is 5.32 Å². The van der Waals surface area contributed by atoms with Crippen LogP contribution in [0.3, 0.4) is 0 Å². The van der Waals surface area contributed by atoms with Gasteiger partial charge in [0.1, 0.15) is 0 Å². The third-order valence-corrected chi connectivity index (χ3v) is 2.53. The molecule has 1 fully saturated rings. The summed E-state index contributed by atoms with van der Waals surface area (Å²) in [5, 5.41) is 2.91. The van der Waals surface area contributed by atoms with Crippen LogP contribution in [-0.2, 0) is 14.3 Å². The summed E-state index contributed by atoms with van der Waals surface area (Å²) >= 11 is 0. The summed E-state index contributed by atoms with van der Waals surface area (Å²) in [6.45, 7) is 8.33. The molecule has 0 aromatic rings. The molecule has 1 N–H and O–H groups in total. The summed E-state index contributed by atoms with van der Waals surface area (Å²) in [7, 11) is 0. The summed E-state index contributed by atoms with van der Waals surface area (Å²) < 4.78 is 5.34. The highest BCUT2D eigenvalue weighted by Crippen LogP contribution is 2.12. The molecule has 0 aliphatic carbocycles. The van der Waals surface area contributed by atoms with E-state index < -0.39 is 5.54 Å². The second-order valence-corrected chi connectivity index (χ2v) is 4.75. The van der Waals surface area contributed by atoms with Gasteiger partial charge in [0.2, 0.25) is 11.8 Å². The molecular weight excluding hydrogens is 208 g/mol. The second-order valence-electron chi connectivity index (χ2n) is 4.75. The van der Waals surface area contributed by atoms with Crippen LogP contribution < -0.4 is 5.32 Å². The predicted octanol–water partition coefficient (Wildman–Crippen LogP) is 0.148. The lowest BCUT2D eigenvalue weighted by molar-refractivity contribution is -0.153. The molecule has 0 bridgehead atoms. The van der Waals surface area contributed by atoms with Crippen LogP contribution in [-0.4, -0.2) is 48.1 Å². The van der Waals surface area contributed by atoms with Crippen LogP contribution in [0.5, 0.6) is 0 Å². The quantitative estimate of drug-likeness (QED) is 0.696. The Morgan fingerprint density at radius 3 is 2.62 bits per heavy atom. The van der Waals surface area contributed by atoms with Gasteiger partial charge in [-0.15, -0.1) is 0 Å². The maximum atomic E-state index is 11.9. The summed E-state index contributed by atoms with van der Waals surface area (Å²) in [6, 6.07) is 0. The topological polar surface area (TPSA) is 58.6 Å². The lowest BCUT2D eigenvalue weighted by Gasteiger charge is -2.36. The summed E-state index contributed by atoms with van der Waals surface area (Å²) in [4.78, 5) is 24.8. The number of nitrogens with one attached hydrogen (secondary N) is 1. The van der Waals surface area contributed by atoms with E-state index in [1.165, 1.54) is 4.90 Å². The standard InChI is InChI=1S/C11H20N2O3/c1-8(2)16-6-5-13-9(14)7-12-11(3,4)10(13)15/h8,12H,5-7H2,1-4H3. The van der Waals surface area contributed by atoms with E-state index in [4.69, 9.17) is 4.74 Å². The highest BCUT2D eigenvalue weighted by atomic mass is 16.5. The Balaban J connectivity index is 2.55. The zero-order valence-electron chi connectivity index (χ0n) is 10.4. The van der Waals surface area contributed by atoms with Crippen molar-refractivity contribution in [1.29, 1.82) is 0 Å². The molecular formula is C11H20N2O3. The third kappa shape index (κ3) is 3.02. The van der Waals surface area contributed by atoms with Crippen molar-refractivity contribution in [2.75, 3.05) is 19.7 Å². The number of carbonyl (C=O) groups is 2. The fourth-order valence-corrected chi connectivity index (χ4v) is 1.52. The average molecular weight is 228 g/mol. The van der Waals surface area contributed by atoms with Gasteiger partial charge in [0.25, 0.3) is 0 Å². The van der Waals surface area contributed by atoms with Crippen LogP contribution in [0.25, 0.3) is 0 Å². The summed E-state index contributed by atoms with van der Waals surface area (Å²) in [6.07, 6.45) is 0.112. The van der Waals surface area contributed by atoms with Gasteiger partial charge in [-0.05, 0) is 27.7 Å². The fraction of sp³-hybridized carbons (Fsp3) is 0.818. The van der Waals surface area contributed by atoms with Crippen LogP contribution in [0.1, 0.15) is 27.7 Å². The average Bonchev–Trinajstić information content (AvgIpc) is 2.18. The van der Waals surface area contributed by atoms with Crippen molar-refractivity contribution in [3.63, 3.8) is 0 Å². The van der Waals surface area contributed by atoms with Crippen LogP contribution in [0.15, 0.2) is 0 Å². The zero-order valence-corrected chi connectivity index (χ0v) is 10.4. The van der Waals surface area contributed by atoms with E-state index in [0.717, 1.165) is 0 Å². The number of hydrogen-bond acceptors (Lipinski definition) is 4. The molecule has 0 saturated carbocycles. The van der Waals surface area contributed by atoms with Crippen LogP contribution in [0, 0.1) is 0 Å². The van der Waals surface area contributed by atoms with E-state index in [1.54, 1.807) is 13.8 Å². The van der Waals surface area contributed by atoms with Gasteiger partial charge in [0.15, 0.2) is 0 Å². The van der Waals surface area contributed by atoms with Crippen LogP contribution >= 0.6 is 0 Å². The lowest BCUT2D eigenvalue weighted by atomic mass is 10.0. The molecule has 1 saturated heterocycles. The van der Waals surface area contributed by atoms with E-state index in [-0.39, 0.29) is 24.5 Å². The number of ether oxygens (including phenoxy) is 1. The molecule has 0 radical (unpaired) electrons. The Labute approximate surface area is 96.1 Å². The Kier molecular flexibility index (Phi) is 4.04. The van der Waals surface area contributed by atoms with Crippen molar-refractivity contribution >= 4 is 11.8 Å². The van der Waals surface area contributed by atoms with Crippen LogP contribution in [0.4, 0.5) is 0 Å². The molecule has 0 unspecified atom stereocenters. The first-order valence-electron chi connectivity index (χ1n) is 5.56. The van der Waals surface area contributed by atoms with E-state index >= 15 is 0 Å². The summed E-state index contributed by atoms with van der Waals surface area (Å²) in [5.74, 6) is -0.368. The van der Waals surface area contributed by atoms with Crippen molar-refractivity contribution in [3.05, 3.63) is 0 Å². The first kappa shape index (κ1) is 13.1. The summed E-state index contributed by atoms with van der Waals surface area (Å²) in [5.41, 5.74) is -0.661. The lowest BCUT2D eigenvalue weighted by Crippen LogP contribution is -2.64. The second kappa shape index (κ2) is 4.93. The number of hydrogen-bond donors (Lipinski definition) is 1. The molecule has 1 heterocycles. The molecule has 0 spiro atoms. The van der Waals surface area contributed by atoms with Crippen molar-refractivity contribution in [1.82, 2.24) is 10.2 Å². The maximum Gasteiger partial charge on any atom is 0.249 e. The predicted molar refractivity (Wildman–Crippen MR) is 59.9 cm³/mol. The number of nitrogens with zero attached hydrogens (tertiary/aromatic N) is 1. The monoisotopic (exact) mass is 228 g/mol. The number of amides is 2. The van der Waals surface area contributed by atoms with Gasteiger partial charge in [-0.25, -0.2) is 0 Å². The van der Waals surface area contributed by atoms with Crippen molar-refractivity contribution in [2.45, 2.75) is 39.3 Å². The first-order valence-corrected chi connectivity index (χ1v) is 5.56. The molecule has 1 rings (SSSR count). The Bertz CT molecular complexity index is 287. The highest BCUT2D eigenvalue weighted by molar-refractivity contribution is 6.03. The van der Waals surface area contributed by atoms with E-state index in [1.807, 2.05) is 13.8 Å². The highest BCUT2D eigenvalue weighted by Gasteiger charge is 2.39. The smallest absolute Gasteiger partial charge is 0.249 e. The molecule has 0 aromatic heterocycles. The molecule has 2 amide bonds. The van der Waals surface area contributed by atoms with Gasteiger partial charge in [0, 0.05) is 0 Å². The van der Waals surface area contributed by atoms with E-state index in [0.29, 0.717) is 13.2 Å². The molecule has 0 atom stereocenters. The SMILES string of the molecule is CC(C)OCCN1C(=O)CNC(C)(C)C1=O. The van der Waals surface area contributed by atoms with Gasteiger partial charge >= 0.3 is 0 Å². The minimum Gasteiger partial charge on any atom is -0.377 e. The van der Waals surface area contributed by atoms with Gasteiger partial charge in [-0.3, -0.25) is 19.8 Å². The molecule has 1 aliphatic rings. The van der Waals surface area contributed by atoms with Crippen LogP contribution in [0.2, 0.25) is 0 Å².